The first-order chi connectivity index (χ1) is 6.58. The van der Waals surface area contributed by atoms with Crippen LogP contribution in [0.25, 0.3) is 0 Å². The Kier molecular flexibility index (Phi) is 4.06. The van der Waals surface area contributed by atoms with Crippen LogP contribution in [0, 0.1) is 5.41 Å². The van der Waals surface area contributed by atoms with E-state index < -0.39 is 0 Å². The fourth-order valence-corrected chi connectivity index (χ4v) is 1.47. The standard InChI is InChI=1S/C13H16S/c1-13(2,3)10-7-11-14-12-8-5-4-6-9-12/h4-6,8-11H,1-3H3. The van der Waals surface area contributed by atoms with Crippen molar-refractivity contribution in [3.63, 3.8) is 0 Å². The zero-order valence-electron chi connectivity index (χ0n) is 8.95. The number of hydrogen-bond acceptors (Lipinski definition) is 1. The van der Waals surface area contributed by atoms with Crippen LogP contribution in [0.15, 0.2) is 52.4 Å². The summed E-state index contributed by atoms with van der Waals surface area (Å²) in [5.41, 5.74) is 3.40. The Balaban J connectivity index is 2.53. The third-order valence-electron chi connectivity index (χ3n) is 1.52. The van der Waals surface area contributed by atoms with Gasteiger partial charge in [-0.1, -0.05) is 50.7 Å². The Bertz CT molecular complexity index is 324. The lowest BCUT2D eigenvalue weighted by molar-refractivity contribution is 0.545. The molecule has 0 aromatic heterocycles. The van der Waals surface area contributed by atoms with Crippen LogP contribution in [0.5, 0.6) is 0 Å². The van der Waals surface area contributed by atoms with Gasteiger partial charge in [0.05, 0.1) is 0 Å². The maximum atomic E-state index is 3.19. The molecule has 0 saturated carbocycles. The van der Waals surface area contributed by atoms with E-state index in [1.54, 1.807) is 11.8 Å². The highest BCUT2D eigenvalue weighted by atomic mass is 32.2. The fraction of sp³-hybridized carbons (Fsp3) is 0.308. The lowest BCUT2D eigenvalue weighted by Gasteiger charge is -2.08. The van der Waals surface area contributed by atoms with Gasteiger partial charge in [-0.15, -0.1) is 5.73 Å². The molecule has 0 aliphatic heterocycles. The zero-order chi connectivity index (χ0) is 10.4. The second-order valence-electron chi connectivity index (χ2n) is 4.23. The van der Waals surface area contributed by atoms with Crippen molar-refractivity contribution in [3.8, 4) is 0 Å². The summed E-state index contributed by atoms with van der Waals surface area (Å²) in [4.78, 5) is 1.25. The molecule has 0 fully saturated rings. The predicted octanol–water partition coefficient (Wildman–Crippen LogP) is 4.49. The van der Waals surface area contributed by atoms with Gasteiger partial charge in [-0.25, -0.2) is 0 Å². The van der Waals surface area contributed by atoms with E-state index in [0.29, 0.717) is 0 Å². The van der Waals surface area contributed by atoms with E-state index in [1.807, 2.05) is 23.6 Å². The summed E-state index contributed by atoms with van der Waals surface area (Å²) in [7, 11) is 0. The van der Waals surface area contributed by atoms with Crippen LogP contribution < -0.4 is 0 Å². The average molecular weight is 204 g/mol. The highest BCUT2D eigenvalue weighted by Gasteiger charge is 2.01. The van der Waals surface area contributed by atoms with E-state index >= 15 is 0 Å². The molecule has 1 rings (SSSR count). The molecule has 0 bridgehead atoms. The van der Waals surface area contributed by atoms with Crippen molar-refractivity contribution in [1.82, 2.24) is 0 Å². The van der Waals surface area contributed by atoms with E-state index in [0.717, 1.165) is 0 Å². The number of hydrogen-bond donors (Lipinski definition) is 0. The minimum Gasteiger partial charge on any atom is -0.117 e. The van der Waals surface area contributed by atoms with Crippen molar-refractivity contribution in [2.75, 3.05) is 0 Å². The summed E-state index contributed by atoms with van der Waals surface area (Å²) in [5, 5.41) is 2.00. The Morgan fingerprint density at radius 3 is 2.36 bits per heavy atom. The molecule has 0 N–H and O–H groups in total. The van der Waals surface area contributed by atoms with Crippen LogP contribution in [-0.2, 0) is 0 Å². The molecule has 1 aromatic carbocycles. The molecule has 1 heteroatoms. The Morgan fingerprint density at radius 1 is 1.14 bits per heavy atom. The van der Waals surface area contributed by atoms with Crippen LogP contribution in [0.4, 0.5) is 0 Å². The van der Waals surface area contributed by atoms with E-state index in [4.69, 9.17) is 0 Å². The second kappa shape index (κ2) is 5.09. The predicted molar refractivity (Wildman–Crippen MR) is 64.4 cm³/mol. The van der Waals surface area contributed by atoms with Crippen molar-refractivity contribution in [1.29, 1.82) is 0 Å². The van der Waals surface area contributed by atoms with Crippen LogP contribution in [0.1, 0.15) is 20.8 Å². The van der Waals surface area contributed by atoms with Gasteiger partial charge < -0.3 is 0 Å². The van der Waals surface area contributed by atoms with Gasteiger partial charge in [0.15, 0.2) is 0 Å². The number of allylic oxidation sites excluding steroid dienone is 1. The summed E-state index contributed by atoms with van der Waals surface area (Å²) in [6.45, 7) is 6.50. The van der Waals surface area contributed by atoms with Crippen LogP contribution in [-0.4, -0.2) is 0 Å². The summed E-state index contributed by atoms with van der Waals surface area (Å²) < 4.78 is 0. The maximum Gasteiger partial charge on any atom is 0.0175 e. The first-order valence-corrected chi connectivity index (χ1v) is 5.60. The van der Waals surface area contributed by atoms with Gasteiger partial charge in [0, 0.05) is 10.3 Å². The average Bonchev–Trinajstić information content (AvgIpc) is 2.13. The Hall–Kier alpha value is -0.910. The summed E-state index contributed by atoms with van der Waals surface area (Å²) in [6.07, 6.45) is 2.09. The minimum absolute atomic E-state index is 0.216. The molecule has 0 atom stereocenters. The van der Waals surface area contributed by atoms with Gasteiger partial charge in [-0.05, 0) is 23.6 Å². The van der Waals surface area contributed by atoms with Crippen molar-refractivity contribution in [2.45, 2.75) is 25.7 Å². The molecule has 0 saturated heterocycles. The van der Waals surface area contributed by atoms with Crippen molar-refractivity contribution < 1.29 is 0 Å². The van der Waals surface area contributed by atoms with Gasteiger partial charge in [-0.3, -0.25) is 0 Å². The summed E-state index contributed by atoms with van der Waals surface area (Å²) >= 11 is 1.69. The third kappa shape index (κ3) is 4.96. The number of thioether (sulfide) groups is 1. The number of rotatable bonds is 2. The minimum atomic E-state index is 0.216. The summed E-state index contributed by atoms with van der Waals surface area (Å²) in [5.74, 6) is 0. The van der Waals surface area contributed by atoms with E-state index in [9.17, 15) is 0 Å². The van der Waals surface area contributed by atoms with Crippen molar-refractivity contribution >= 4 is 11.8 Å². The monoisotopic (exact) mass is 204 g/mol. The van der Waals surface area contributed by atoms with Crippen molar-refractivity contribution in [2.24, 2.45) is 5.41 Å². The molecule has 0 heterocycles. The van der Waals surface area contributed by atoms with Gasteiger partial charge in [0.25, 0.3) is 0 Å². The molecule has 0 aliphatic carbocycles. The molecule has 0 radical (unpaired) electrons. The Morgan fingerprint density at radius 2 is 1.79 bits per heavy atom. The van der Waals surface area contributed by atoms with Gasteiger partial charge >= 0.3 is 0 Å². The topological polar surface area (TPSA) is 0 Å². The fourth-order valence-electron chi connectivity index (χ4n) is 0.885. The smallest absolute Gasteiger partial charge is 0.0175 e. The largest absolute Gasteiger partial charge is 0.117 e. The first kappa shape index (κ1) is 11.2. The molecule has 0 spiro atoms. The molecular formula is C13H16S. The molecule has 0 nitrogen and oxygen atoms in total. The molecule has 0 unspecified atom stereocenters. The maximum absolute atomic E-state index is 3.19. The third-order valence-corrected chi connectivity index (χ3v) is 2.32. The molecule has 0 amide bonds. The molecule has 1 aromatic rings. The van der Waals surface area contributed by atoms with Crippen LogP contribution in [0.2, 0.25) is 0 Å². The van der Waals surface area contributed by atoms with Crippen LogP contribution in [0.3, 0.4) is 0 Å². The first-order valence-electron chi connectivity index (χ1n) is 4.72. The van der Waals surface area contributed by atoms with Gasteiger partial charge in [0.2, 0.25) is 0 Å². The van der Waals surface area contributed by atoms with E-state index in [-0.39, 0.29) is 5.41 Å². The van der Waals surface area contributed by atoms with E-state index in [2.05, 4.69) is 44.7 Å². The molecular weight excluding hydrogens is 188 g/mol. The highest BCUT2D eigenvalue weighted by molar-refractivity contribution is 8.02. The van der Waals surface area contributed by atoms with Crippen molar-refractivity contribution in [3.05, 3.63) is 47.5 Å². The quantitative estimate of drug-likeness (QED) is 0.505. The number of benzene rings is 1. The lowest BCUT2D eigenvalue weighted by atomic mass is 9.97. The molecule has 74 valence electrons. The van der Waals surface area contributed by atoms with Gasteiger partial charge in [0.1, 0.15) is 0 Å². The van der Waals surface area contributed by atoms with Gasteiger partial charge in [-0.2, -0.15) is 0 Å². The SMILES string of the molecule is CC(C)(C)C=C=CSc1ccccc1. The molecule has 0 aliphatic rings. The zero-order valence-corrected chi connectivity index (χ0v) is 9.77. The normalized spacial score (nSPS) is 10.5. The van der Waals surface area contributed by atoms with Crippen LogP contribution >= 0.6 is 11.8 Å². The molecule has 14 heavy (non-hydrogen) atoms. The lowest BCUT2D eigenvalue weighted by Crippen LogP contribution is -1.96. The highest BCUT2D eigenvalue weighted by Crippen LogP contribution is 2.18. The summed E-state index contributed by atoms with van der Waals surface area (Å²) in [6, 6.07) is 10.3. The Labute approximate surface area is 90.7 Å². The van der Waals surface area contributed by atoms with E-state index in [1.165, 1.54) is 4.90 Å². The second-order valence-corrected chi connectivity index (χ2v) is 5.17.